The van der Waals surface area contributed by atoms with E-state index < -0.39 is 10.0 Å². The van der Waals surface area contributed by atoms with Gasteiger partial charge in [-0.15, -0.1) is 0 Å². The van der Waals surface area contributed by atoms with Crippen molar-refractivity contribution in [2.24, 2.45) is 5.14 Å². The van der Waals surface area contributed by atoms with E-state index in [1.807, 2.05) is 0 Å². The highest BCUT2D eigenvalue weighted by atomic mass is 35.5. The highest BCUT2D eigenvalue weighted by Gasteiger charge is 2.13. The molecule has 0 radical (unpaired) electrons. The second-order valence-corrected chi connectivity index (χ2v) is 7.71. The quantitative estimate of drug-likeness (QED) is 0.803. The standard InChI is InChI=1S/C16H16Cl2N2O4S/c1-20(9-11-2-5-13(6-3-11)25(19,22)23)16(21)10-24-15-7-4-12(17)8-14(15)18/h2-8H,9-10H2,1H3,(H2,19,22,23). The van der Waals surface area contributed by atoms with Gasteiger partial charge in [0.25, 0.3) is 5.91 Å². The van der Waals surface area contributed by atoms with Crippen molar-refractivity contribution in [2.75, 3.05) is 13.7 Å². The summed E-state index contributed by atoms with van der Waals surface area (Å²) in [7, 11) is -2.12. The third kappa shape index (κ3) is 5.61. The monoisotopic (exact) mass is 402 g/mol. The summed E-state index contributed by atoms with van der Waals surface area (Å²) in [5.74, 6) is 0.104. The molecule has 0 spiro atoms. The second kappa shape index (κ2) is 8.05. The molecule has 9 heteroatoms. The van der Waals surface area contributed by atoms with E-state index in [1.165, 1.54) is 23.1 Å². The highest BCUT2D eigenvalue weighted by Crippen LogP contribution is 2.27. The molecule has 0 aliphatic carbocycles. The van der Waals surface area contributed by atoms with Gasteiger partial charge in [0.1, 0.15) is 5.75 Å². The number of halogens is 2. The molecule has 2 aromatic carbocycles. The smallest absolute Gasteiger partial charge is 0.260 e. The lowest BCUT2D eigenvalue weighted by Crippen LogP contribution is -2.31. The van der Waals surface area contributed by atoms with Gasteiger partial charge in [-0.3, -0.25) is 4.79 Å². The van der Waals surface area contributed by atoms with Crippen LogP contribution in [0.4, 0.5) is 0 Å². The van der Waals surface area contributed by atoms with Gasteiger partial charge >= 0.3 is 0 Å². The number of benzene rings is 2. The Balaban J connectivity index is 1.93. The number of hydrogen-bond acceptors (Lipinski definition) is 4. The Kier molecular flexibility index (Phi) is 6.29. The molecule has 6 nitrogen and oxygen atoms in total. The summed E-state index contributed by atoms with van der Waals surface area (Å²) in [6.45, 7) is 0.106. The minimum Gasteiger partial charge on any atom is -0.482 e. The third-order valence-corrected chi connectivity index (χ3v) is 4.80. The molecular weight excluding hydrogens is 387 g/mol. The van der Waals surface area contributed by atoms with E-state index in [2.05, 4.69) is 0 Å². The molecule has 25 heavy (non-hydrogen) atoms. The number of likely N-dealkylation sites (N-methyl/N-ethyl adjacent to an activating group) is 1. The largest absolute Gasteiger partial charge is 0.482 e. The number of nitrogens with two attached hydrogens (primary N) is 1. The minimum atomic E-state index is -3.73. The predicted molar refractivity (Wildman–Crippen MR) is 96.2 cm³/mol. The maximum atomic E-state index is 12.1. The van der Waals surface area contributed by atoms with Gasteiger partial charge in [-0.05, 0) is 35.9 Å². The summed E-state index contributed by atoms with van der Waals surface area (Å²) in [6, 6.07) is 10.7. The van der Waals surface area contributed by atoms with E-state index >= 15 is 0 Å². The first-order chi connectivity index (χ1) is 11.7. The van der Waals surface area contributed by atoms with Crippen LogP contribution in [0.25, 0.3) is 0 Å². The first-order valence-corrected chi connectivity index (χ1v) is 9.40. The molecule has 1 amide bonds. The fourth-order valence-corrected chi connectivity index (χ4v) is 2.97. The predicted octanol–water partition coefficient (Wildman–Crippen LogP) is 2.68. The molecule has 0 bridgehead atoms. The maximum absolute atomic E-state index is 12.1. The average Bonchev–Trinajstić information content (AvgIpc) is 2.53. The lowest BCUT2D eigenvalue weighted by molar-refractivity contribution is -0.132. The van der Waals surface area contributed by atoms with Crippen LogP contribution in [0, 0.1) is 0 Å². The van der Waals surface area contributed by atoms with Gasteiger partial charge in [-0.1, -0.05) is 35.3 Å². The maximum Gasteiger partial charge on any atom is 0.260 e. The summed E-state index contributed by atoms with van der Waals surface area (Å²) in [4.78, 5) is 13.6. The second-order valence-electron chi connectivity index (χ2n) is 5.30. The van der Waals surface area contributed by atoms with Gasteiger partial charge in [0.05, 0.1) is 9.92 Å². The molecule has 0 aliphatic rings. The van der Waals surface area contributed by atoms with E-state index in [0.29, 0.717) is 22.3 Å². The van der Waals surface area contributed by atoms with Crippen molar-refractivity contribution in [3.8, 4) is 5.75 Å². The molecule has 0 saturated carbocycles. The number of primary sulfonamides is 1. The molecule has 0 aromatic heterocycles. The van der Waals surface area contributed by atoms with Crippen molar-refractivity contribution in [3.05, 3.63) is 58.1 Å². The molecule has 0 fully saturated rings. The first kappa shape index (κ1) is 19.5. The zero-order valence-electron chi connectivity index (χ0n) is 13.3. The van der Waals surface area contributed by atoms with Crippen LogP contribution in [0.5, 0.6) is 5.75 Å². The SMILES string of the molecule is CN(Cc1ccc(S(N)(=O)=O)cc1)C(=O)COc1ccc(Cl)cc1Cl. The van der Waals surface area contributed by atoms with E-state index in [0.717, 1.165) is 5.56 Å². The first-order valence-electron chi connectivity index (χ1n) is 7.10. The molecule has 0 saturated heterocycles. The van der Waals surface area contributed by atoms with Crippen molar-refractivity contribution in [1.29, 1.82) is 0 Å². The summed E-state index contributed by atoms with van der Waals surface area (Å²) in [5, 5.41) is 5.84. The number of rotatable bonds is 6. The van der Waals surface area contributed by atoms with Gasteiger partial charge < -0.3 is 9.64 Å². The Morgan fingerprint density at radius 1 is 1.16 bits per heavy atom. The molecule has 2 rings (SSSR count). The van der Waals surface area contributed by atoms with Crippen LogP contribution in [0.15, 0.2) is 47.4 Å². The molecule has 0 unspecified atom stereocenters. The van der Waals surface area contributed by atoms with Crippen LogP contribution < -0.4 is 9.88 Å². The van der Waals surface area contributed by atoms with Gasteiger partial charge in [0.15, 0.2) is 6.61 Å². The Bertz CT molecular complexity index is 870. The van der Waals surface area contributed by atoms with Crippen LogP contribution >= 0.6 is 23.2 Å². The van der Waals surface area contributed by atoms with Crippen molar-refractivity contribution in [3.63, 3.8) is 0 Å². The number of amides is 1. The molecule has 2 aromatic rings. The summed E-state index contributed by atoms with van der Waals surface area (Å²) >= 11 is 11.8. The third-order valence-electron chi connectivity index (χ3n) is 3.34. The van der Waals surface area contributed by atoms with Crippen LogP contribution in [0.3, 0.4) is 0 Å². The lowest BCUT2D eigenvalue weighted by Gasteiger charge is -2.18. The minimum absolute atomic E-state index is 0.0194. The summed E-state index contributed by atoms with van der Waals surface area (Å²) in [6.07, 6.45) is 0. The van der Waals surface area contributed by atoms with E-state index in [1.54, 1.807) is 31.3 Å². The van der Waals surface area contributed by atoms with Crippen LogP contribution in [-0.2, 0) is 21.4 Å². The van der Waals surface area contributed by atoms with Gasteiger partial charge in [0.2, 0.25) is 10.0 Å². The van der Waals surface area contributed by atoms with Gasteiger partial charge in [-0.2, -0.15) is 0 Å². The van der Waals surface area contributed by atoms with Crippen molar-refractivity contribution >= 4 is 39.1 Å². The zero-order valence-corrected chi connectivity index (χ0v) is 15.6. The topological polar surface area (TPSA) is 89.7 Å². The fraction of sp³-hybridized carbons (Fsp3) is 0.188. The van der Waals surface area contributed by atoms with E-state index in [-0.39, 0.29) is 17.4 Å². The van der Waals surface area contributed by atoms with Crippen LogP contribution in [0.2, 0.25) is 10.0 Å². The number of carbonyl (C=O) groups is 1. The Morgan fingerprint density at radius 2 is 1.80 bits per heavy atom. The van der Waals surface area contributed by atoms with Gasteiger partial charge in [-0.25, -0.2) is 13.6 Å². The molecule has 0 aliphatic heterocycles. The molecular formula is C16H16Cl2N2O4S. The Hall–Kier alpha value is -1.80. The van der Waals surface area contributed by atoms with Crippen molar-refractivity contribution < 1.29 is 17.9 Å². The molecule has 134 valence electrons. The van der Waals surface area contributed by atoms with Crippen molar-refractivity contribution in [1.82, 2.24) is 4.90 Å². The van der Waals surface area contributed by atoms with Crippen LogP contribution in [-0.4, -0.2) is 32.9 Å². The van der Waals surface area contributed by atoms with Crippen molar-refractivity contribution in [2.45, 2.75) is 11.4 Å². The van der Waals surface area contributed by atoms with Crippen LogP contribution in [0.1, 0.15) is 5.56 Å². The summed E-state index contributed by atoms with van der Waals surface area (Å²) < 4.78 is 27.8. The van der Waals surface area contributed by atoms with Gasteiger partial charge in [0, 0.05) is 18.6 Å². The number of sulfonamides is 1. The highest BCUT2D eigenvalue weighted by molar-refractivity contribution is 7.89. The number of hydrogen-bond donors (Lipinski definition) is 1. The lowest BCUT2D eigenvalue weighted by atomic mass is 10.2. The average molecular weight is 403 g/mol. The number of ether oxygens (including phenoxy) is 1. The zero-order chi connectivity index (χ0) is 18.6. The van der Waals surface area contributed by atoms with E-state index in [9.17, 15) is 13.2 Å². The normalized spacial score (nSPS) is 11.2. The Labute approximate surface area is 156 Å². The van der Waals surface area contributed by atoms with E-state index in [4.69, 9.17) is 33.1 Å². The number of carbonyl (C=O) groups excluding carboxylic acids is 1. The molecule has 2 N–H and O–H groups in total. The number of nitrogens with zero attached hydrogens (tertiary/aromatic N) is 1. The Morgan fingerprint density at radius 3 is 2.36 bits per heavy atom. The molecule has 0 atom stereocenters. The fourth-order valence-electron chi connectivity index (χ4n) is 1.99. The molecule has 0 heterocycles. The summed E-state index contributed by atoms with van der Waals surface area (Å²) in [5.41, 5.74) is 0.757.